The summed E-state index contributed by atoms with van der Waals surface area (Å²) < 4.78 is 32.3. The van der Waals surface area contributed by atoms with Crippen LogP contribution in [0.1, 0.15) is 43.2 Å². The van der Waals surface area contributed by atoms with Gasteiger partial charge in [-0.3, -0.25) is 14.4 Å². The van der Waals surface area contributed by atoms with Crippen LogP contribution in [0.4, 0.5) is 0 Å². The first-order valence-electron chi connectivity index (χ1n) is 13.9. The van der Waals surface area contributed by atoms with Gasteiger partial charge in [0.1, 0.15) is 18.8 Å². The number of aromatic nitrogens is 1. The molecule has 4 atom stereocenters. The van der Waals surface area contributed by atoms with Crippen LogP contribution in [0.2, 0.25) is 0 Å². The predicted molar refractivity (Wildman–Crippen MR) is 150 cm³/mol. The molecule has 1 saturated heterocycles. The van der Waals surface area contributed by atoms with E-state index in [4.69, 9.17) is 28.4 Å². The molecule has 2 heterocycles. The minimum absolute atomic E-state index is 0.0251. The molecule has 3 rings (SSSR count). The van der Waals surface area contributed by atoms with E-state index in [0.717, 1.165) is 11.8 Å². The zero-order valence-electron chi connectivity index (χ0n) is 24.6. The Balaban J connectivity index is 1.77. The molecular formula is C30H38N2O11. The van der Waals surface area contributed by atoms with Crippen molar-refractivity contribution < 1.29 is 52.7 Å². The number of nitrogens with zero attached hydrogens (tertiary/aromatic N) is 1. The predicted octanol–water partition coefficient (Wildman–Crippen LogP) is 2.19. The van der Waals surface area contributed by atoms with Crippen LogP contribution in [0.15, 0.2) is 42.6 Å². The van der Waals surface area contributed by atoms with Gasteiger partial charge in [0.2, 0.25) is 6.79 Å². The number of pyridine rings is 1. The fraction of sp³-hybridized carbons (Fsp3) is 0.500. The number of nitrogens with one attached hydrogen (secondary N) is 1. The molecule has 2 aromatic rings. The van der Waals surface area contributed by atoms with Gasteiger partial charge in [0, 0.05) is 26.0 Å². The summed E-state index contributed by atoms with van der Waals surface area (Å²) in [5, 5.41) is 12.7. The third kappa shape index (κ3) is 9.93. The first kappa shape index (κ1) is 33.3. The molecule has 2 unspecified atom stereocenters. The lowest BCUT2D eigenvalue weighted by atomic mass is 9.91. The Kier molecular flexibility index (Phi) is 12.7. The molecular weight excluding hydrogens is 564 g/mol. The average Bonchev–Trinajstić information content (AvgIpc) is 3.01. The van der Waals surface area contributed by atoms with Crippen LogP contribution >= 0.6 is 0 Å². The van der Waals surface area contributed by atoms with Crippen molar-refractivity contribution in [2.45, 2.75) is 51.9 Å². The molecule has 1 fully saturated rings. The standard InChI is InChI=1S/C30H38N2O11/c1-18(2)15-39-26-19(3)43-30(37)22(16-40-29(36)21(26)14-20-8-6-5-7-9-20)32-28(35)25-27(23(33)10-12-31-25)42-17-41-24(34)11-13-38-4/h5-10,12,18-19,21-22,26H,11,13-17H2,1-4H3,(H,31,33)(H,32,35)/t19-,21+,22?,26?/m0/s1. The normalized spacial score (nSPS) is 20.7. The molecule has 1 aliphatic heterocycles. The molecule has 1 amide bonds. The fourth-order valence-electron chi connectivity index (χ4n) is 4.24. The Morgan fingerprint density at radius 3 is 2.58 bits per heavy atom. The maximum Gasteiger partial charge on any atom is 0.332 e. The molecule has 0 spiro atoms. The molecule has 13 nitrogen and oxygen atoms in total. The molecule has 0 bridgehead atoms. The van der Waals surface area contributed by atoms with Crippen molar-refractivity contribution in [3.8, 4) is 11.5 Å². The summed E-state index contributed by atoms with van der Waals surface area (Å²) in [5.41, 5.74) is 0.470. The van der Waals surface area contributed by atoms with Crippen molar-refractivity contribution in [3.05, 3.63) is 53.9 Å². The summed E-state index contributed by atoms with van der Waals surface area (Å²) in [4.78, 5) is 55.4. The highest BCUT2D eigenvalue weighted by Crippen LogP contribution is 2.29. The molecule has 0 aliphatic carbocycles. The number of amides is 1. The van der Waals surface area contributed by atoms with Crippen LogP contribution in [0.5, 0.6) is 11.5 Å². The van der Waals surface area contributed by atoms with Gasteiger partial charge in [-0.05, 0) is 24.8 Å². The number of carbonyl (C=O) groups is 4. The number of rotatable bonds is 13. The molecule has 1 aromatic carbocycles. The first-order valence-corrected chi connectivity index (χ1v) is 13.9. The van der Waals surface area contributed by atoms with Crippen molar-refractivity contribution in [2.24, 2.45) is 11.8 Å². The summed E-state index contributed by atoms with van der Waals surface area (Å²) in [5.74, 6) is -4.52. The second kappa shape index (κ2) is 16.4. The fourth-order valence-corrected chi connectivity index (χ4v) is 4.24. The van der Waals surface area contributed by atoms with Gasteiger partial charge in [-0.15, -0.1) is 0 Å². The largest absolute Gasteiger partial charge is 0.504 e. The Hall–Kier alpha value is -4.23. The lowest BCUT2D eigenvalue weighted by molar-refractivity contribution is -0.165. The Morgan fingerprint density at radius 1 is 1.14 bits per heavy atom. The number of benzene rings is 1. The third-order valence-corrected chi connectivity index (χ3v) is 6.40. The van der Waals surface area contributed by atoms with E-state index >= 15 is 0 Å². The van der Waals surface area contributed by atoms with Gasteiger partial charge in [0.25, 0.3) is 5.91 Å². The number of aromatic hydroxyl groups is 1. The van der Waals surface area contributed by atoms with E-state index in [2.05, 4.69) is 10.3 Å². The summed E-state index contributed by atoms with van der Waals surface area (Å²) in [6.07, 6.45) is -0.270. The topological polar surface area (TPSA) is 169 Å². The SMILES string of the molecule is COCCC(=O)OCOc1c(O)ccnc1C(=O)NC1COC(=O)[C@H](Cc2ccccc2)C(OCC(C)C)[C@H](C)OC1=O. The number of ether oxygens (including phenoxy) is 6. The summed E-state index contributed by atoms with van der Waals surface area (Å²) in [6, 6.07) is 9.08. The van der Waals surface area contributed by atoms with E-state index in [9.17, 15) is 24.3 Å². The number of hydrogen-bond donors (Lipinski definition) is 2. The van der Waals surface area contributed by atoms with Crippen LogP contribution in [0.3, 0.4) is 0 Å². The second-order valence-electron chi connectivity index (χ2n) is 10.3. The minimum Gasteiger partial charge on any atom is -0.504 e. The third-order valence-electron chi connectivity index (χ3n) is 6.40. The second-order valence-corrected chi connectivity index (χ2v) is 10.3. The van der Waals surface area contributed by atoms with Crippen LogP contribution in [-0.4, -0.2) is 85.9 Å². The Morgan fingerprint density at radius 2 is 1.88 bits per heavy atom. The Labute approximate surface area is 249 Å². The van der Waals surface area contributed by atoms with E-state index in [1.54, 1.807) is 6.92 Å². The monoisotopic (exact) mass is 602 g/mol. The van der Waals surface area contributed by atoms with Crippen LogP contribution in [-0.2, 0) is 44.5 Å². The average molecular weight is 603 g/mol. The highest BCUT2D eigenvalue weighted by atomic mass is 16.7. The number of hydrogen-bond acceptors (Lipinski definition) is 12. The number of methoxy groups -OCH3 is 1. The van der Waals surface area contributed by atoms with E-state index in [1.165, 1.54) is 13.2 Å². The first-order chi connectivity index (χ1) is 20.6. The van der Waals surface area contributed by atoms with Gasteiger partial charge in [-0.25, -0.2) is 9.78 Å². The molecule has 13 heteroatoms. The van der Waals surface area contributed by atoms with Gasteiger partial charge < -0.3 is 38.8 Å². The van der Waals surface area contributed by atoms with Gasteiger partial charge >= 0.3 is 17.9 Å². The van der Waals surface area contributed by atoms with Crippen LogP contribution in [0, 0.1) is 11.8 Å². The van der Waals surface area contributed by atoms with Crippen molar-refractivity contribution in [1.82, 2.24) is 10.3 Å². The van der Waals surface area contributed by atoms with Crippen molar-refractivity contribution in [2.75, 3.05) is 33.7 Å². The van der Waals surface area contributed by atoms with E-state index in [-0.39, 0.29) is 31.1 Å². The number of esters is 3. The summed E-state index contributed by atoms with van der Waals surface area (Å²) in [6.45, 7) is 4.85. The van der Waals surface area contributed by atoms with Crippen LogP contribution < -0.4 is 10.1 Å². The molecule has 1 aromatic heterocycles. The minimum atomic E-state index is -1.41. The molecule has 2 N–H and O–H groups in total. The highest BCUT2D eigenvalue weighted by Gasteiger charge is 2.40. The lowest BCUT2D eigenvalue weighted by Crippen LogP contribution is -2.46. The highest BCUT2D eigenvalue weighted by molar-refractivity contribution is 5.98. The van der Waals surface area contributed by atoms with Crippen LogP contribution in [0.25, 0.3) is 0 Å². The van der Waals surface area contributed by atoms with Crippen molar-refractivity contribution in [1.29, 1.82) is 0 Å². The molecule has 0 radical (unpaired) electrons. The molecule has 1 aliphatic rings. The van der Waals surface area contributed by atoms with Gasteiger partial charge in [-0.2, -0.15) is 0 Å². The quantitative estimate of drug-likeness (QED) is 0.195. The maximum absolute atomic E-state index is 13.4. The van der Waals surface area contributed by atoms with Gasteiger partial charge in [0.15, 0.2) is 23.2 Å². The molecule has 0 saturated carbocycles. The maximum atomic E-state index is 13.4. The summed E-state index contributed by atoms with van der Waals surface area (Å²) in [7, 11) is 1.43. The lowest BCUT2D eigenvalue weighted by Gasteiger charge is -2.30. The van der Waals surface area contributed by atoms with E-state index in [1.807, 2.05) is 44.2 Å². The van der Waals surface area contributed by atoms with Gasteiger partial charge in [0.05, 0.1) is 18.9 Å². The summed E-state index contributed by atoms with van der Waals surface area (Å²) >= 11 is 0. The van der Waals surface area contributed by atoms with Gasteiger partial charge in [-0.1, -0.05) is 44.2 Å². The zero-order chi connectivity index (χ0) is 31.4. The molecule has 234 valence electrons. The zero-order valence-corrected chi connectivity index (χ0v) is 24.6. The Bertz CT molecular complexity index is 1240. The van der Waals surface area contributed by atoms with E-state index in [0.29, 0.717) is 6.61 Å². The smallest absolute Gasteiger partial charge is 0.332 e. The van der Waals surface area contributed by atoms with Crippen molar-refractivity contribution >= 4 is 23.8 Å². The number of cyclic esters (lactones) is 2. The molecule has 43 heavy (non-hydrogen) atoms. The van der Waals surface area contributed by atoms with Crippen molar-refractivity contribution in [3.63, 3.8) is 0 Å². The number of carbonyl (C=O) groups excluding carboxylic acids is 4. The van der Waals surface area contributed by atoms with E-state index < -0.39 is 72.8 Å².